The molecule has 0 atom stereocenters. The fraction of sp³-hybridized carbons (Fsp3) is 0. The zero-order chi connectivity index (χ0) is 12.8. The minimum atomic E-state index is -0.596. The van der Waals surface area contributed by atoms with E-state index in [0.717, 1.165) is 5.56 Å². The van der Waals surface area contributed by atoms with Crippen molar-refractivity contribution in [1.29, 1.82) is 0 Å². The molecule has 2 nitrogen and oxygen atoms in total. The molecule has 0 fully saturated rings. The average molecular weight is 257 g/mol. The third-order valence-corrected chi connectivity index (χ3v) is 2.36. The van der Waals surface area contributed by atoms with Gasteiger partial charge in [-0.1, -0.05) is 35.7 Å². The first-order valence-electron chi connectivity index (χ1n) is 5.28. The maximum atomic E-state index is 11.4. The summed E-state index contributed by atoms with van der Waals surface area (Å²) in [5, 5.41) is 0.588. The van der Waals surface area contributed by atoms with E-state index < -0.39 is 5.97 Å². The van der Waals surface area contributed by atoms with Crippen LogP contribution >= 0.6 is 11.6 Å². The number of rotatable bonds is 1. The van der Waals surface area contributed by atoms with Crippen LogP contribution in [0.5, 0.6) is 5.75 Å². The molecule has 2 aromatic rings. The minimum Gasteiger partial charge on any atom is -0.417 e. The summed E-state index contributed by atoms with van der Waals surface area (Å²) in [7, 11) is 0. The molecule has 0 bridgehead atoms. The van der Waals surface area contributed by atoms with Gasteiger partial charge in [-0.3, -0.25) is 0 Å². The smallest absolute Gasteiger partial charge is 0.390 e. The van der Waals surface area contributed by atoms with E-state index in [4.69, 9.17) is 16.3 Å². The first-order chi connectivity index (χ1) is 8.74. The quantitative estimate of drug-likeness (QED) is 0.445. The van der Waals surface area contributed by atoms with Crippen LogP contribution in [0.4, 0.5) is 0 Å². The highest BCUT2D eigenvalue weighted by atomic mass is 35.5. The highest BCUT2D eigenvalue weighted by molar-refractivity contribution is 6.30. The Morgan fingerprint density at radius 1 is 1.00 bits per heavy atom. The van der Waals surface area contributed by atoms with Crippen molar-refractivity contribution < 1.29 is 9.53 Å². The normalized spacial score (nSPS) is 9.17. The summed E-state index contributed by atoms with van der Waals surface area (Å²) >= 11 is 5.72. The Hall–Kier alpha value is -2.24. The summed E-state index contributed by atoms with van der Waals surface area (Å²) in [4.78, 5) is 11.4. The standard InChI is InChI=1S/C15H9ClO2/c16-13-7-9-14(10-8-13)18-15(17)11-6-12-4-2-1-3-5-12/h1-5,7-10H. The van der Waals surface area contributed by atoms with E-state index in [1.165, 1.54) is 0 Å². The van der Waals surface area contributed by atoms with Crippen LogP contribution in [0, 0.1) is 11.8 Å². The van der Waals surface area contributed by atoms with Crippen molar-refractivity contribution in [2.24, 2.45) is 0 Å². The van der Waals surface area contributed by atoms with Crippen LogP contribution in [-0.2, 0) is 4.79 Å². The van der Waals surface area contributed by atoms with Crippen molar-refractivity contribution in [3.8, 4) is 17.6 Å². The predicted molar refractivity (Wildman–Crippen MR) is 70.4 cm³/mol. The van der Waals surface area contributed by atoms with Crippen molar-refractivity contribution in [1.82, 2.24) is 0 Å². The van der Waals surface area contributed by atoms with Gasteiger partial charge in [0.15, 0.2) is 0 Å². The van der Waals surface area contributed by atoms with Crippen LogP contribution in [0.25, 0.3) is 0 Å². The molecular weight excluding hydrogens is 248 g/mol. The van der Waals surface area contributed by atoms with Gasteiger partial charge in [0, 0.05) is 16.5 Å². The van der Waals surface area contributed by atoms with Gasteiger partial charge in [0.2, 0.25) is 0 Å². The molecule has 0 radical (unpaired) electrons. The Morgan fingerprint density at radius 3 is 2.33 bits per heavy atom. The SMILES string of the molecule is O=C(C#Cc1ccccc1)Oc1ccc(Cl)cc1. The number of halogens is 1. The molecule has 0 heterocycles. The lowest BCUT2D eigenvalue weighted by Crippen LogP contribution is -2.04. The van der Waals surface area contributed by atoms with Gasteiger partial charge in [0.1, 0.15) is 5.75 Å². The van der Waals surface area contributed by atoms with Gasteiger partial charge in [-0.2, -0.15) is 0 Å². The number of hydrogen-bond acceptors (Lipinski definition) is 2. The second-order valence-corrected chi connectivity index (χ2v) is 3.90. The molecule has 2 aromatic carbocycles. The van der Waals surface area contributed by atoms with Crippen molar-refractivity contribution in [3.05, 3.63) is 65.2 Å². The van der Waals surface area contributed by atoms with E-state index >= 15 is 0 Å². The molecule has 0 aromatic heterocycles. The van der Waals surface area contributed by atoms with E-state index in [1.807, 2.05) is 30.3 Å². The molecule has 0 unspecified atom stereocenters. The molecule has 0 aliphatic rings. The minimum absolute atomic E-state index is 0.423. The highest BCUT2D eigenvalue weighted by Crippen LogP contribution is 2.15. The number of benzene rings is 2. The van der Waals surface area contributed by atoms with Crippen molar-refractivity contribution in [3.63, 3.8) is 0 Å². The van der Waals surface area contributed by atoms with Crippen LogP contribution in [-0.4, -0.2) is 5.97 Å². The molecule has 0 spiro atoms. The first-order valence-corrected chi connectivity index (χ1v) is 5.66. The lowest BCUT2D eigenvalue weighted by molar-refractivity contribution is -0.128. The Morgan fingerprint density at radius 2 is 1.67 bits per heavy atom. The maximum absolute atomic E-state index is 11.4. The molecule has 0 aliphatic carbocycles. The van der Waals surface area contributed by atoms with Crippen LogP contribution < -0.4 is 4.74 Å². The van der Waals surface area contributed by atoms with Crippen LogP contribution in [0.3, 0.4) is 0 Å². The van der Waals surface area contributed by atoms with Crippen LogP contribution in [0.1, 0.15) is 5.56 Å². The summed E-state index contributed by atoms with van der Waals surface area (Å²) in [5.74, 6) is 4.97. The molecule has 0 saturated carbocycles. The van der Waals surface area contributed by atoms with Gasteiger partial charge in [-0.05, 0) is 36.4 Å². The summed E-state index contributed by atoms with van der Waals surface area (Å²) < 4.78 is 5.02. The summed E-state index contributed by atoms with van der Waals surface area (Å²) in [5.41, 5.74) is 0.769. The molecule has 0 saturated heterocycles. The molecule has 18 heavy (non-hydrogen) atoms. The average Bonchev–Trinajstić information content (AvgIpc) is 2.40. The fourth-order valence-corrected chi connectivity index (χ4v) is 1.41. The van der Waals surface area contributed by atoms with Gasteiger partial charge in [-0.25, -0.2) is 4.79 Å². The third-order valence-electron chi connectivity index (χ3n) is 2.11. The van der Waals surface area contributed by atoms with Crippen LogP contribution in [0.15, 0.2) is 54.6 Å². The second kappa shape index (κ2) is 5.90. The fourth-order valence-electron chi connectivity index (χ4n) is 1.28. The predicted octanol–water partition coefficient (Wildman–Crippen LogP) is 3.30. The molecular formula is C15H9ClO2. The highest BCUT2D eigenvalue weighted by Gasteiger charge is 1.99. The lowest BCUT2D eigenvalue weighted by atomic mass is 10.2. The number of carbonyl (C=O) groups excluding carboxylic acids is 1. The van der Waals surface area contributed by atoms with E-state index in [9.17, 15) is 4.79 Å². The molecule has 0 amide bonds. The third kappa shape index (κ3) is 3.65. The van der Waals surface area contributed by atoms with Gasteiger partial charge in [-0.15, -0.1) is 0 Å². The Labute approximate surface area is 110 Å². The van der Waals surface area contributed by atoms with Crippen molar-refractivity contribution >= 4 is 17.6 Å². The Balaban J connectivity index is 2.01. The first kappa shape index (κ1) is 12.2. The van der Waals surface area contributed by atoms with Crippen molar-refractivity contribution in [2.45, 2.75) is 0 Å². The molecule has 3 heteroatoms. The number of carbonyl (C=O) groups is 1. The van der Waals surface area contributed by atoms with Gasteiger partial charge in [0.25, 0.3) is 0 Å². The summed E-state index contributed by atoms with van der Waals surface area (Å²) in [6, 6.07) is 15.8. The maximum Gasteiger partial charge on any atom is 0.390 e. The number of ether oxygens (including phenoxy) is 1. The Kier molecular flexibility index (Phi) is 4.01. The number of esters is 1. The molecule has 0 aliphatic heterocycles. The largest absolute Gasteiger partial charge is 0.417 e. The lowest BCUT2D eigenvalue weighted by Gasteiger charge is -1.98. The van der Waals surface area contributed by atoms with E-state index in [0.29, 0.717) is 10.8 Å². The molecule has 88 valence electrons. The van der Waals surface area contributed by atoms with Crippen LogP contribution in [0.2, 0.25) is 5.02 Å². The molecule has 0 N–H and O–H groups in total. The topological polar surface area (TPSA) is 26.3 Å². The van der Waals surface area contributed by atoms with E-state index in [-0.39, 0.29) is 0 Å². The second-order valence-electron chi connectivity index (χ2n) is 3.46. The number of hydrogen-bond donors (Lipinski definition) is 0. The Bertz CT molecular complexity index is 592. The van der Waals surface area contributed by atoms with E-state index in [2.05, 4.69) is 11.8 Å². The van der Waals surface area contributed by atoms with Gasteiger partial charge >= 0.3 is 5.97 Å². The monoisotopic (exact) mass is 256 g/mol. The summed E-state index contributed by atoms with van der Waals surface area (Å²) in [6.07, 6.45) is 0. The zero-order valence-electron chi connectivity index (χ0n) is 9.39. The van der Waals surface area contributed by atoms with Gasteiger partial charge < -0.3 is 4.74 Å². The zero-order valence-corrected chi connectivity index (χ0v) is 10.1. The van der Waals surface area contributed by atoms with Gasteiger partial charge in [0.05, 0.1) is 0 Å². The summed E-state index contributed by atoms with van der Waals surface area (Å²) in [6.45, 7) is 0. The van der Waals surface area contributed by atoms with Crippen molar-refractivity contribution in [2.75, 3.05) is 0 Å². The molecule has 2 rings (SSSR count). The van der Waals surface area contributed by atoms with E-state index in [1.54, 1.807) is 24.3 Å².